The van der Waals surface area contributed by atoms with Crippen LogP contribution in [0.25, 0.3) is 0 Å². The van der Waals surface area contributed by atoms with Gasteiger partial charge in [0.05, 0.1) is 7.11 Å². The summed E-state index contributed by atoms with van der Waals surface area (Å²) in [5, 5.41) is 2.54. The molecule has 0 bridgehead atoms. The summed E-state index contributed by atoms with van der Waals surface area (Å²) in [4.78, 5) is 23.6. The zero-order valence-corrected chi connectivity index (χ0v) is 11.9. The molecule has 0 radical (unpaired) electrons. The van der Waals surface area contributed by atoms with Crippen LogP contribution in [0.5, 0.6) is 5.75 Å². The number of hydrogen-bond acceptors (Lipinski definition) is 4. The predicted molar refractivity (Wildman–Crippen MR) is 71.2 cm³/mol. The van der Waals surface area contributed by atoms with E-state index in [0.29, 0.717) is 0 Å². The number of rotatable bonds is 6. The van der Waals surface area contributed by atoms with Gasteiger partial charge in [-0.25, -0.2) is 4.79 Å². The number of benzene rings is 1. The number of hydrogen-bond donors (Lipinski definition) is 1. The van der Waals surface area contributed by atoms with E-state index < -0.39 is 24.5 Å². The van der Waals surface area contributed by atoms with Crippen LogP contribution in [-0.2, 0) is 9.53 Å². The summed E-state index contributed by atoms with van der Waals surface area (Å²) in [6.45, 7) is 0.609. The van der Waals surface area contributed by atoms with Crippen LogP contribution in [-0.4, -0.2) is 31.6 Å². The second-order valence-corrected chi connectivity index (χ2v) is 4.62. The first-order valence-electron chi connectivity index (χ1n) is 6.28. The fourth-order valence-electron chi connectivity index (χ4n) is 1.64. The van der Waals surface area contributed by atoms with Gasteiger partial charge in [0.25, 0.3) is 5.91 Å². The molecule has 0 saturated heterocycles. The average molecular weight is 301 g/mol. The molecule has 1 amide bonds. The highest BCUT2D eigenvalue weighted by Gasteiger charge is 2.25. The number of alkyl halides is 2. The van der Waals surface area contributed by atoms with E-state index in [1.165, 1.54) is 31.4 Å². The molecule has 5 nitrogen and oxygen atoms in total. The van der Waals surface area contributed by atoms with Crippen molar-refractivity contribution in [1.82, 2.24) is 5.32 Å². The highest BCUT2D eigenvalue weighted by Crippen LogP contribution is 2.15. The minimum Gasteiger partial charge on any atom is -0.467 e. The Morgan fingerprint density at radius 3 is 2.14 bits per heavy atom. The number of halogens is 2. The number of carbonyl (C=O) groups is 2. The first-order valence-corrected chi connectivity index (χ1v) is 6.28. The molecule has 0 aliphatic heterocycles. The van der Waals surface area contributed by atoms with Crippen molar-refractivity contribution in [3.05, 3.63) is 29.8 Å². The largest absolute Gasteiger partial charge is 0.467 e. The normalized spacial score (nSPS) is 12.1. The number of esters is 1. The zero-order valence-electron chi connectivity index (χ0n) is 11.9. The summed E-state index contributed by atoms with van der Waals surface area (Å²) < 4.78 is 32.8. The first kappa shape index (κ1) is 16.9. The van der Waals surface area contributed by atoms with Crippen LogP contribution in [0.2, 0.25) is 0 Å². The fourth-order valence-corrected chi connectivity index (χ4v) is 1.64. The quantitative estimate of drug-likeness (QED) is 0.818. The summed E-state index contributed by atoms with van der Waals surface area (Å²) in [5.74, 6) is -1.24. The monoisotopic (exact) mass is 301 g/mol. The Balaban J connectivity index is 2.76. The van der Waals surface area contributed by atoms with Crippen molar-refractivity contribution in [2.24, 2.45) is 5.92 Å². The molecule has 116 valence electrons. The summed E-state index contributed by atoms with van der Waals surface area (Å²) in [7, 11) is 1.24. The van der Waals surface area contributed by atoms with E-state index in [4.69, 9.17) is 0 Å². The zero-order chi connectivity index (χ0) is 16.0. The van der Waals surface area contributed by atoms with Crippen molar-refractivity contribution < 1.29 is 27.8 Å². The maximum atomic E-state index is 12.0. The van der Waals surface area contributed by atoms with E-state index in [1.54, 1.807) is 13.8 Å². The lowest BCUT2D eigenvalue weighted by molar-refractivity contribution is -0.144. The molecule has 0 saturated carbocycles. The molecule has 0 spiro atoms. The van der Waals surface area contributed by atoms with Crippen molar-refractivity contribution >= 4 is 11.9 Å². The van der Waals surface area contributed by atoms with Gasteiger partial charge in [-0.1, -0.05) is 13.8 Å². The molecule has 0 aliphatic carbocycles. The summed E-state index contributed by atoms with van der Waals surface area (Å²) >= 11 is 0. The maximum Gasteiger partial charge on any atom is 0.387 e. The third kappa shape index (κ3) is 5.02. The number of carbonyl (C=O) groups excluding carboxylic acids is 2. The molecule has 7 heteroatoms. The van der Waals surface area contributed by atoms with Gasteiger partial charge >= 0.3 is 12.6 Å². The van der Waals surface area contributed by atoms with E-state index in [2.05, 4.69) is 14.8 Å². The fraction of sp³-hybridized carbons (Fsp3) is 0.429. The Hall–Kier alpha value is -2.18. The number of ether oxygens (including phenoxy) is 2. The van der Waals surface area contributed by atoms with Gasteiger partial charge in [-0.05, 0) is 30.2 Å². The SMILES string of the molecule is COC(=O)[C@@H](NC(=O)c1ccc(OC(F)F)cc1)C(C)C. The molecule has 21 heavy (non-hydrogen) atoms. The van der Waals surface area contributed by atoms with Crippen LogP contribution in [0.15, 0.2) is 24.3 Å². The van der Waals surface area contributed by atoms with Gasteiger partial charge in [-0.2, -0.15) is 8.78 Å². The predicted octanol–water partition coefficient (Wildman–Crippen LogP) is 2.22. The summed E-state index contributed by atoms with van der Waals surface area (Å²) in [6.07, 6.45) is 0. The van der Waals surface area contributed by atoms with E-state index in [1.807, 2.05) is 0 Å². The van der Waals surface area contributed by atoms with Crippen molar-refractivity contribution in [3.8, 4) is 5.75 Å². The summed E-state index contributed by atoms with van der Waals surface area (Å²) in [6, 6.07) is 4.40. The highest BCUT2D eigenvalue weighted by atomic mass is 19.3. The second-order valence-electron chi connectivity index (χ2n) is 4.62. The van der Waals surface area contributed by atoms with Gasteiger partial charge in [0, 0.05) is 5.56 Å². The average Bonchev–Trinajstić information content (AvgIpc) is 2.43. The van der Waals surface area contributed by atoms with E-state index in [9.17, 15) is 18.4 Å². The summed E-state index contributed by atoms with van der Waals surface area (Å²) in [5.41, 5.74) is 0.228. The molecule has 0 aliphatic rings. The van der Waals surface area contributed by atoms with Gasteiger partial charge in [0.15, 0.2) is 0 Å². The Labute approximate surface area is 121 Å². The molecule has 0 aromatic heterocycles. The Morgan fingerprint density at radius 2 is 1.71 bits per heavy atom. The van der Waals surface area contributed by atoms with Gasteiger partial charge in [-0.3, -0.25) is 4.79 Å². The van der Waals surface area contributed by atoms with Crippen molar-refractivity contribution in [3.63, 3.8) is 0 Å². The minimum absolute atomic E-state index is 0.0464. The third-order valence-corrected chi connectivity index (χ3v) is 2.75. The molecule has 0 unspecified atom stereocenters. The lowest BCUT2D eigenvalue weighted by atomic mass is 10.0. The second kappa shape index (κ2) is 7.56. The Kier molecular flexibility index (Phi) is 6.08. The highest BCUT2D eigenvalue weighted by molar-refractivity contribution is 5.96. The minimum atomic E-state index is -2.92. The smallest absolute Gasteiger partial charge is 0.387 e. The van der Waals surface area contributed by atoms with Gasteiger partial charge in [0.1, 0.15) is 11.8 Å². The van der Waals surface area contributed by atoms with Crippen molar-refractivity contribution in [1.29, 1.82) is 0 Å². The van der Waals surface area contributed by atoms with E-state index in [-0.39, 0.29) is 17.2 Å². The molecular weight excluding hydrogens is 284 g/mol. The molecule has 1 N–H and O–H groups in total. The van der Waals surface area contributed by atoms with E-state index in [0.717, 1.165) is 0 Å². The molecule has 1 rings (SSSR count). The lowest BCUT2D eigenvalue weighted by Gasteiger charge is -2.19. The van der Waals surface area contributed by atoms with E-state index >= 15 is 0 Å². The Bertz CT molecular complexity index is 488. The molecular formula is C14H17F2NO4. The Morgan fingerprint density at radius 1 is 1.14 bits per heavy atom. The van der Waals surface area contributed by atoms with Gasteiger partial charge in [-0.15, -0.1) is 0 Å². The van der Waals surface area contributed by atoms with Crippen molar-refractivity contribution in [2.75, 3.05) is 7.11 Å². The van der Waals surface area contributed by atoms with Gasteiger partial charge < -0.3 is 14.8 Å². The van der Waals surface area contributed by atoms with Crippen LogP contribution in [0.1, 0.15) is 24.2 Å². The molecule has 0 heterocycles. The van der Waals surface area contributed by atoms with Crippen LogP contribution in [0, 0.1) is 5.92 Å². The first-order chi connectivity index (χ1) is 9.85. The number of amides is 1. The van der Waals surface area contributed by atoms with Crippen LogP contribution < -0.4 is 10.1 Å². The van der Waals surface area contributed by atoms with Gasteiger partial charge in [0.2, 0.25) is 0 Å². The number of nitrogens with one attached hydrogen (secondary N) is 1. The maximum absolute atomic E-state index is 12.0. The molecule has 1 aromatic carbocycles. The van der Waals surface area contributed by atoms with Crippen LogP contribution in [0.4, 0.5) is 8.78 Å². The van der Waals surface area contributed by atoms with Crippen LogP contribution in [0.3, 0.4) is 0 Å². The molecule has 1 atom stereocenters. The van der Waals surface area contributed by atoms with Crippen molar-refractivity contribution in [2.45, 2.75) is 26.5 Å². The molecule has 1 aromatic rings. The third-order valence-electron chi connectivity index (χ3n) is 2.75. The standard InChI is InChI=1S/C14H17F2NO4/c1-8(2)11(13(19)20-3)17-12(18)9-4-6-10(7-5-9)21-14(15)16/h4-8,11,14H,1-3H3,(H,17,18)/t11-/m0/s1. The lowest BCUT2D eigenvalue weighted by Crippen LogP contribution is -2.45. The molecule has 0 fully saturated rings. The number of methoxy groups -OCH3 is 1. The van der Waals surface area contributed by atoms with Crippen LogP contribution >= 0.6 is 0 Å². The topological polar surface area (TPSA) is 64.6 Å².